The van der Waals surface area contributed by atoms with Crippen LogP contribution in [0.3, 0.4) is 0 Å². The molecule has 2 heterocycles. The van der Waals surface area contributed by atoms with Crippen molar-refractivity contribution in [3.05, 3.63) is 15.8 Å². The molecular formula is C8H9N7O2S3. The minimum atomic E-state index is -0.519. The molecule has 2 aromatic rings. The van der Waals surface area contributed by atoms with Crippen LogP contribution in [0.2, 0.25) is 0 Å². The van der Waals surface area contributed by atoms with E-state index in [-0.39, 0.29) is 22.4 Å². The van der Waals surface area contributed by atoms with Gasteiger partial charge in [-0.05, 0) is 24.9 Å². The molecule has 2 aromatic heterocycles. The van der Waals surface area contributed by atoms with E-state index < -0.39 is 4.92 Å². The van der Waals surface area contributed by atoms with Gasteiger partial charge in [0.1, 0.15) is 5.69 Å². The van der Waals surface area contributed by atoms with Gasteiger partial charge in [-0.15, -0.1) is 10.2 Å². The van der Waals surface area contributed by atoms with Gasteiger partial charge in [0.05, 0.1) is 4.92 Å². The zero-order chi connectivity index (χ0) is 14.7. The zero-order valence-corrected chi connectivity index (χ0v) is 12.8. The van der Waals surface area contributed by atoms with Crippen LogP contribution in [-0.4, -0.2) is 31.3 Å². The fourth-order valence-corrected chi connectivity index (χ4v) is 3.79. The number of aromatic nitrogens is 4. The average molecular weight is 331 g/mol. The highest BCUT2D eigenvalue weighted by molar-refractivity contribution is 8.03. The van der Waals surface area contributed by atoms with Gasteiger partial charge in [0.15, 0.2) is 13.7 Å². The maximum Gasteiger partial charge on any atom is 0.322 e. The third-order valence-corrected chi connectivity index (χ3v) is 5.01. The van der Waals surface area contributed by atoms with Crippen LogP contribution in [0.15, 0.2) is 13.7 Å². The van der Waals surface area contributed by atoms with E-state index in [9.17, 15) is 10.1 Å². The maximum absolute atomic E-state index is 11.1. The molecule has 0 saturated heterocycles. The number of nitrogens with zero attached hydrogens (tertiary/aromatic N) is 5. The number of hydrogen-bond donors (Lipinski definition) is 2. The Bertz CT molecular complexity index is 647. The molecule has 12 heteroatoms. The Kier molecular flexibility index (Phi) is 4.69. The normalized spacial score (nSPS) is 10.6. The lowest BCUT2D eigenvalue weighted by Gasteiger charge is -2.04. The van der Waals surface area contributed by atoms with Gasteiger partial charge in [0.25, 0.3) is 0 Å². The van der Waals surface area contributed by atoms with E-state index in [4.69, 9.17) is 5.84 Å². The third kappa shape index (κ3) is 3.15. The molecule has 0 unspecified atom stereocenters. The second-order valence-electron chi connectivity index (χ2n) is 3.33. The predicted octanol–water partition coefficient (Wildman–Crippen LogP) is 1.70. The molecule has 0 radical (unpaired) electrons. The molecule has 2 rings (SSSR count). The molecule has 106 valence electrons. The van der Waals surface area contributed by atoms with Crippen molar-refractivity contribution in [2.75, 3.05) is 11.7 Å². The lowest BCUT2D eigenvalue weighted by Crippen LogP contribution is -2.12. The number of nitrogen functional groups attached to an aromatic ring is 1. The molecule has 0 spiro atoms. The molecule has 0 bridgehead atoms. The van der Waals surface area contributed by atoms with Crippen molar-refractivity contribution in [3.8, 4) is 0 Å². The van der Waals surface area contributed by atoms with Crippen LogP contribution in [0.1, 0.15) is 5.69 Å². The molecule has 0 atom stereocenters. The molecule has 0 amide bonds. The monoisotopic (exact) mass is 331 g/mol. The van der Waals surface area contributed by atoms with Gasteiger partial charge >= 0.3 is 5.69 Å². The van der Waals surface area contributed by atoms with E-state index in [2.05, 4.69) is 25.6 Å². The molecular weight excluding hydrogens is 322 g/mol. The maximum atomic E-state index is 11.1. The van der Waals surface area contributed by atoms with Gasteiger partial charge in [-0.25, -0.2) is 10.8 Å². The van der Waals surface area contributed by atoms with Crippen LogP contribution >= 0.6 is 34.9 Å². The number of nitrogens with one attached hydrogen (secondary N) is 1. The smallest absolute Gasteiger partial charge is 0.292 e. The molecule has 0 aliphatic heterocycles. The summed E-state index contributed by atoms with van der Waals surface area (Å²) in [6.45, 7) is 1.53. The second kappa shape index (κ2) is 6.30. The summed E-state index contributed by atoms with van der Waals surface area (Å²) in [6.07, 6.45) is 1.88. The lowest BCUT2D eigenvalue weighted by molar-refractivity contribution is -0.389. The Labute approximate surface area is 125 Å². The van der Waals surface area contributed by atoms with E-state index >= 15 is 0 Å². The summed E-state index contributed by atoms with van der Waals surface area (Å²) in [6, 6.07) is 0. The van der Waals surface area contributed by atoms with Crippen molar-refractivity contribution in [2.45, 2.75) is 20.6 Å². The number of hydrazine groups is 1. The second-order valence-corrected chi connectivity index (χ2v) is 6.59. The summed E-state index contributed by atoms with van der Waals surface area (Å²) in [5.41, 5.74) is 2.36. The van der Waals surface area contributed by atoms with Gasteiger partial charge < -0.3 is 0 Å². The summed E-state index contributed by atoms with van der Waals surface area (Å²) in [7, 11) is 0. The minimum Gasteiger partial charge on any atom is -0.292 e. The summed E-state index contributed by atoms with van der Waals surface area (Å²) in [5, 5.41) is 19.2. The number of nitro groups is 1. The highest BCUT2D eigenvalue weighted by Crippen LogP contribution is 2.37. The number of aryl methyl sites for hydroxylation is 1. The van der Waals surface area contributed by atoms with E-state index in [0.717, 1.165) is 16.1 Å². The Morgan fingerprint density at radius 3 is 2.60 bits per heavy atom. The van der Waals surface area contributed by atoms with Crippen LogP contribution in [-0.2, 0) is 0 Å². The number of nitrogens with two attached hydrogens (primary N) is 1. The Hall–Kier alpha value is -1.50. The first-order valence-corrected chi connectivity index (χ1v) is 7.96. The standard InChI is InChI=1S/C8H9N7O2S3/c1-3-4(15(16)17)5(11-6(10-3)12-9)19-8-14-13-7(18-2)20-8/h9H2,1-2H3,(H,10,11,12). The van der Waals surface area contributed by atoms with Crippen molar-refractivity contribution >= 4 is 46.5 Å². The fourth-order valence-electron chi connectivity index (χ4n) is 1.29. The van der Waals surface area contributed by atoms with Crippen LogP contribution in [0.25, 0.3) is 0 Å². The van der Waals surface area contributed by atoms with Crippen molar-refractivity contribution < 1.29 is 4.92 Å². The van der Waals surface area contributed by atoms with Gasteiger partial charge in [-0.3, -0.25) is 15.5 Å². The van der Waals surface area contributed by atoms with Crippen LogP contribution in [0.5, 0.6) is 0 Å². The van der Waals surface area contributed by atoms with Crippen LogP contribution in [0.4, 0.5) is 11.6 Å². The number of thioether (sulfide) groups is 1. The van der Waals surface area contributed by atoms with Gasteiger partial charge in [-0.1, -0.05) is 23.1 Å². The largest absolute Gasteiger partial charge is 0.322 e. The molecule has 20 heavy (non-hydrogen) atoms. The summed E-state index contributed by atoms with van der Waals surface area (Å²) in [4.78, 5) is 18.5. The van der Waals surface area contributed by atoms with Crippen molar-refractivity contribution in [2.24, 2.45) is 5.84 Å². The van der Waals surface area contributed by atoms with Crippen molar-refractivity contribution in [3.63, 3.8) is 0 Å². The lowest BCUT2D eigenvalue weighted by atomic mass is 10.4. The quantitative estimate of drug-likeness (QED) is 0.274. The molecule has 3 N–H and O–H groups in total. The third-order valence-electron chi connectivity index (χ3n) is 2.08. The molecule has 9 nitrogen and oxygen atoms in total. The van der Waals surface area contributed by atoms with E-state index in [1.807, 2.05) is 6.26 Å². The Balaban J connectivity index is 2.42. The highest BCUT2D eigenvalue weighted by Gasteiger charge is 2.24. The SMILES string of the molecule is CSc1nnc(Sc2nc(NN)nc(C)c2[N+](=O)[O-])s1. The zero-order valence-electron chi connectivity index (χ0n) is 10.4. The highest BCUT2D eigenvalue weighted by atomic mass is 32.2. The van der Waals surface area contributed by atoms with E-state index in [0.29, 0.717) is 4.34 Å². The number of anilines is 1. The Morgan fingerprint density at radius 1 is 1.35 bits per heavy atom. The van der Waals surface area contributed by atoms with Crippen molar-refractivity contribution in [1.29, 1.82) is 0 Å². The van der Waals surface area contributed by atoms with Gasteiger partial charge in [-0.2, -0.15) is 4.98 Å². The molecule has 0 fully saturated rings. The molecule has 0 aliphatic carbocycles. The van der Waals surface area contributed by atoms with E-state index in [1.54, 1.807) is 0 Å². The Morgan fingerprint density at radius 2 is 2.05 bits per heavy atom. The number of rotatable bonds is 5. The molecule has 0 saturated carbocycles. The van der Waals surface area contributed by atoms with Gasteiger partial charge in [0.2, 0.25) is 5.95 Å². The van der Waals surface area contributed by atoms with Crippen LogP contribution < -0.4 is 11.3 Å². The first-order valence-electron chi connectivity index (χ1n) is 5.10. The summed E-state index contributed by atoms with van der Waals surface area (Å²) in [5.74, 6) is 5.37. The predicted molar refractivity (Wildman–Crippen MR) is 77.0 cm³/mol. The minimum absolute atomic E-state index is 0.116. The average Bonchev–Trinajstić information content (AvgIpc) is 2.85. The van der Waals surface area contributed by atoms with E-state index in [1.165, 1.54) is 30.0 Å². The van der Waals surface area contributed by atoms with Crippen LogP contribution in [0, 0.1) is 17.0 Å². The first-order chi connectivity index (χ1) is 9.55. The topological polar surface area (TPSA) is 133 Å². The molecule has 0 aliphatic rings. The number of hydrogen-bond acceptors (Lipinski definition) is 11. The summed E-state index contributed by atoms with van der Waals surface area (Å²) < 4.78 is 1.34. The fraction of sp³-hybridized carbons (Fsp3) is 0.250. The van der Waals surface area contributed by atoms with Crippen molar-refractivity contribution in [1.82, 2.24) is 20.2 Å². The molecule has 0 aromatic carbocycles. The first kappa shape index (κ1) is 14.9. The van der Waals surface area contributed by atoms with Gasteiger partial charge in [0, 0.05) is 0 Å². The summed E-state index contributed by atoms with van der Waals surface area (Å²) >= 11 is 3.86.